The molecule has 0 nitrogen and oxygen atoms in total. The van der Waals surface area contributed by atoms with E-state index in [4.69, 9.17) is 0 Å². The number of rotatable bonds is 6. The zero-order chi connectivity index (χ0) is 32.1. The smallest absolute Gasteiger partial charge is 0.0357 e. The third kappa shape index (κ3) is 10.0. The lowest BCUT2D eigenvalue weighted by Gasteiger charge is -2.32. The molecule has 12 unspecified atom stereocenters. The molecule has 12 atom stereocenters. The molecule has 0 bridgehead atoms. The molecule has 46 heavy (non-hydrogen) atoms. The summed E-state index contributed by atoms with van der Waals surface area (Å²) in [7, 11) is 0. The minimum absolute atomic E-state index is 1.14. The van der Waals surface area contributed by atoms with E-state index in [1.807, 2.05) is 0 Å². The van der Waals surface area contributed by atoms with Crippen LogP contribution in [-0.4, -0.2) is 0 Å². The Morgan fingerprint density at radius 3 is 0.674 bits per heavy atom. The Balaban J connectivity index is 0.000000155. The summed E-state index contributed by atoms with van der Waals surface area (Å²) in [6.07, 6.45) is 46.7. The molecule has 0 heteroatoms. The molecule has 268 valence electrons. The molecule has 8 saturated carbocycles. The van der Waals surface area contributed by atoms with Crippen LogP contribution in [0.15, 0.2) is 0 Å². The molecule has 0 heterocycles. The fraction of sp³-hybridized carbons (Fsp3) is 1.00. The molecule has 8 aliphatic rings. The molecule has 8 fully saturated rings. The fourth-order valence-electron chi connectivity index (χ4n) is 13.7. The lowest BCUT2D eigenvalue weighted by atomic mass is 9.74. The van der Waals surface area contributed by atoms with Gasteiger partial charge in [0.25, 0.3) is 0 Å². The van der Waals surface area contributed by atoms with Crippen molar-refractivity contribution in [1.82, 2.24) is 0 Å². The molecule has 0 aliphatic heterocycles. The van der Waals surface area contributed by atoms with Crippen molar-refractivity contribution in [2.75, 3.05) is 0 Å². The first-order chi connectivity index (χ1) is 22.7. The Hall–Kier alpha value is 0. The van der Waals surface area contributed by atoms with Crippen molar-refractivity contribution < 1.29 is 0 Å². The Kier molecular flexibility index (Phi) is 16.2. The highest BCUT2D eigenvalue weighted by atomic mass is 14.5. The van der Waals surface area contributed by atoms with Gasteiger partial charge in [-0.25, -0.2) is 0 Å². The van der Waals surface area contributed by atoms with E-state index >= 15 is 0 Å². The largest absolute Gasteiger partial charge is 0.0656 e. The van der Waals surface area contributed by atoms with E-state index in [1.165, 1.54) is 12.8 Å². The van der Waals surface area contributed by atoms with Crippen molar-refractivity contribution in [3.63, 3.8) is 0 Å². The molecule has 0 saturated heterocycles. The van der Waals surface area contributed by atoms with E-state index in [-0.39, 0.29) is 0 Å². The second-order valence-corrected chi connectivity index (χ2v) is 18.8. The van der Waals surface area contributed by atoms with Gasteiger partial charge in [0.15, 0.2) is 0 Å². The van der Waals surface area contributed by atoms with Crippen molar-refractivity contribution in [3.05, 3.63) is 0 Å². The summed E-state index contributed by atoms with van der Waals surface area (Å²) >= 11 is 0. The molecule has 0 spiro atoms. The molecule has 0 aromatic heterocycles. The van der Waals surface area contributed by atoms with Crippen LogP contribution in [0.3, 0.4) is 0 Å². The third-order valence-corrected chi connectivity index (χ3v) is 15.7. The summed E-state index contributed by atoms with van der Waals surface area (Å²) in [6, 6.07) is 0. The summed E-state index contributed by atoms with van der Waals surface area (Å²) in [5.74, 6) is 13.8. The molecular weight excluding hydrogens is 553 g/mol. The van der Waals surface area contributed by atoms with Gasteiger partial charge in [-0.3, -0.25) is 0 Å². The predicted molar refractivity (Wildman–Crippen MR) is 203 cm³/mol. The summed E-state index contributed by atoms with van der Waals surface area (Å²) in [6.45, 7) is 8.50. The van der Waals surface area contributed by atoms with Crippen LogP contribution in [0.25, 0.3) is 0 Å². The highest BCUT2D eigenvalue weighted by Gasteiger charge is 2.42. The zero-order valence-electron chi connectivity index (χ0n) is 32.1. The number of hydrogen-bond acceptors (Lipinski definition) is 0. The zero-order valence-corrected chi connectivity index (χ0v) is 32.1. The van der Waals surface area contributed by atoms with Crippen LogP contribution in [-0.2, 0) is 0 Å². The summed E-state index contributed by atoms with van der Waals surface area (Å²) in [4.78, 5) is 0. The highest BCUT2D eigenvalue weighted by Crippen LogP contribution is 2.53. The second-order valence-electron chi connectivity index (χ2n) is 18.8. The van der Waals surface area contributed by atoms with Crippen molar-refractivity contribution in [3.8, 4) is 0 Å². The molecule has 0 amide bonds. The Bertz CT molecular complexity index is 668. The number of hydrogen-bond donors (Lipinski definition) is 0. The van der Waals surface area contributed by atoms with Crippen LogP contribution in [0, 0.1) is 71.0 Å². The molecule has 8 aliphatic carbocycles. The van der Waals surface area contributed by atoms with Crippen molar-refractivity contribution in [2.24, 2.45) is 71.0 Å². The van der Waals surface area contributed by atoms with Gasteiger partial charge in [0, 0.05) is 0 Å². The van der Waals surface area contributed by atoms with Crippen molar-refractivity contribution >= 4 is 0 Å². The van der Waals surface area contributed by atoms with Gasteiger partial charge < -0.3 is 0 Å². The maximum atomic E-state index is 2.12. The quantitative estimate of drug-likeness (QED) is 0.272. The average Bonchev–Trinajstić information content (AvgIpc) is 3.89. The van der Waals surface area contributed by atoms with Gasteiger partial charge >= 0.3 is 0 Å². The summed E-state index contributed by atoms with van der Waals surface area (Å²) in [5, 5.41) is 0. The normalized spacial score (nSPS) is 42.5. The van der Waals surface area contributed by atoms with E-state index in [1.54, 1.807) is 180 Å². The fourth-order valence-corrected chi connectivity index (χ4v) is 13.7. The average molecular weight is 637 g/mol. The highest BCUT2D eigenvalue weighted by molar-refractivity contribution is 4.93. The molecule has 0 N–H and O–H groups in total. The van der Waals surface area contributed by atoms with Crippen LogP contribution in [0.5, 0.6) is 0 Å². The van der Waals surface area contributed by atoms with Crippen LogP contribution in [0.4, 0.5) is 0 Å². The van der Waals surface area contributed by atoms with Crippen LogP contribution in [0.2, 0.25) is 0 Å². The maximum Gasteiger partial charge on any atom is -0.0357 e. The van der Waals surface area contributed by atoms with E-state index < -0.39 is 0 Å². The van der Waals surface area contributed by atoms with E-state index in [0.717, 1.165) is 71.0 Å². The van der Waals surface area contributed by atoms with E-state index in [9.17, 15) is 0 Å². The minimum Gasteiger partial charge on any atom is -0.0656 e. The molecular formula is C46H84. The third-order valence-electron chi connectivity index (χ3n) is 15.7. The SMILES string of the molecule is C1CCC2C(C1)CCC2CCC1CCC2CCCCC21.C1CCC2C(C1)CCC2CCC1CCC2CCCCC21.CCC.CCC. The molecule has 8 rings (SSSR count). The van der Waals surface area contributed by atoms with Gasteiger partial charge in [-0.05, 0) is 174 Å². The van der Waals surface area contributed by atoms with Crippen molar-refractivity contribution in [1.29, 1.82) is 0 Å². The van der Waals surface area contributed by atoms with Gasteiger partial charge in [-0.15, -0.1) is 0 Å². The Labute approximate surface area is 290 Å². The van der Waals surface area contributed by atoms with Crippen LogP contribution < -0.4 is 0 Å². The number of fused-ring (bicyclic) bond motifs is 4. The van der Waals surface area contributed by atoms with Crippen molar-refractivity contribution in [2.45, 2.75) is 220 Å². The Morgan fingerprint density at radius 2 is 0.457 bits per heavy atom. The monoisotopic (exact) mass is 637 g/mol. The Morgan fingerprint density at radius 1 is 0.261 bits per heavy atom. The molecule has 0 aromatic rings. The van der Waals surface area contributed by atoms with E-state index in [2.05, 4.69) is 27.7 Å². The minimum atomic E-state index is 1.14. The van der Waals surface area contributed by atoms with Gasteiger partial charge in [0.1, 0.15) is 0 Å². The van der Waals surface area contributed by atoms with Gasteiger partial charge in [0.2, 0.25) is 0 Å². The first-order valence-electron chi connectivity index (χ1n) is 22.7. The van der Waals surface area contributed by atoms with E-state index in [0.29, 0.717) is 0 Å². The maximum absolute atomic E-state index is 2.12. The second kappa shape index (κ2) is 20.0. The van der Waals surface area contributed by atoms with Crippen LogP contribution >= 0.6 is 0 Å². The lowest BCUT2D eigenvalue weighted by molar-refractivity contribution is 0.187. The van der Waals surface area contributed by atoms with Gasteiger partial charge in [-0.1, -0.05) is 118 Å². The lowest BCUT2D eigenvalue weighted by Crippen LogP contribution is -2.22. The van der Waals surface area contributed by atoms with Gasteiger partial charge in [0.05, 0.1) is 0 Å². The van der Waals surface area contributed by atoms with Crippen LogP contribution in [0.1, 0.15) is 220 Å². The topological polar surface area (TPSA) is 0 Å². The van der Waals surface area contributed by atoms with Gasteiger partial charge in [-0.2, -0.15) is 0 Å². The summed E-state index contributed by atoms with van der Waals surface area (Å²) < 4.78 is 0. The molecule has 0 aromatic carbocycles. The first-order valence-corrected chi connectivity index (χ1v) is 22.7. The first kappa shape index (κ1) is 37.3. The standard InChI is InChI=1S/2C20H34.2C3H8/c2*1-3-7-19-15(5-1)9-11-17(19)13-14-18-12-10-16-6-2-4-8-20(16)18;2*1-3-2/h2*15-20H,1-14H2;2*3H2,1-2H3. The predicted octanol–water partition coefficient (Wildman–Crippen LogP) is 15.2. The molecule has 0 radical (unpaired) electrons. The summed E-state index contributed by atoms with van der Waals surface area (Å²) in [5.41, 5.74) is 0.